The van der Waals surface area contributed by atoms with Crippen LogP contribution in [0.5, 0.6) is 17.8 Å². The highest BCUT2D eigenvalue weighted by molar-refractivity contribution is 5.32. The maximum atomic E-state index is 5.67. The van der Waals surface area contributed by atoms with Gasteiger partial charge in [0.1, 0.15) is 5.75 Å². The summed E-state index contributed by atoms with van der Waals surface area (Å²) in [4.78, 5) is 12.3. The molecule has 1 heterocycles. The van der Waals surface area contributed by atoms with Crippen molar-refractivity contribution in [2.24, 2.45) is 0 Å². The van der Waals surface area contributed by atoms with Gasteiger partial charge in [0.15, 0.2) is 0 Å². The number of anilines is 1. The van der Waals surface area contributed by atoms with E-state index in [1.165, 1.54) is 12.7 Å². The fraction of sp³-hybridized carbons (Fsp3) is 0.357. The summed E-state index contributed by atoms with van der Waals surface area (Å²) in [6.07, 6.45) is 0.945. The van der Waals surface area contributed by atoms with Crippen LogP contribution in [0.15, 0.2) is 24.3 Å². The smallest absolute Gasteiger partial charge is 0.330 e. The van der Waals surface area contributed by atoms with E-state index in [1.54, 1.807) is 0 Å². The van der Waals surface area contributed by atoms with Crippen LogP contribution in [0, 0.1) is 0 Å². The van der Waals surface area contributed by atoms with Crippen molar-refractivity contribution in [2.45, 2.75) is 20.3 Å². The molecule has 0 bridgehead atoms. The van der Waals surface area contributed by atoms with Crippen molar-refractivity contribution >= 4 is 5.95 Å². The lowest BCUT2D eigenvalue weighted by atomic mass is 10.2. The molecule has 106 valence electrons. The van der Waals surface area contributed by atoms with Gasteiger partial charge in [-0.25, -0.2) is 0 Å². The minimum atomic E-state index is 0.209. The number of aromatic nitrogens is 3. The number of hydrogen-bond donors (Lipinski definition) is 1. The van der Waals surface area contributed by atoms with Crippen molar-refractivity contribution in [2.75, 3.05) is 19.0 Å². The van der Waals surface area contributed by atoms with Crippen LogP contribution in [0.4, 0.5) is 5.95 Å². The zero-order valence-corrected chi connectivity index (χ0v) is 11.9. The van der Waals surface area contributed by atoms with E-state index in [-0.39, 0.29) is 12.0 Å². The average Bonchev–Trinajstić information content (AvgIpc) is 2.47. The molecule has 2 rings (SSSR count). The van der Waals surface area contributed by atoms with Gasteiger partial charge in [-0.1, -0.05) is 19.1 Å². The summed E-state index contributed by atoms with van der Waals surface area (Å²) in [5.41, 5.74) is 1.19. The number of nitrogens with zero attached hydrogens (tertiary/aromatic N) is 3. The minimum Gasteiger partial charge on any atom is -0.467 e. The lowest BCUT2D eigenvalue weighted by molar-refractivity contribution is 0.360. The topological polar surface area (TPSA) is 69.2 Å². The maximum absolute atomic E-state index is 5.67. The number of hydrogen-bond acceptors (Lipinski definition) is 6. The lowest BCUT2D eigenvalue weighted by Gasteiger charge is -2.08. The van der Waals surface area contributed by atoms with E-state index in [9.17, 15) is 0 Å². The molecule has 0 unspecified atom stereocenters. The van der Waals surface area contributed by atoms with Crippen molar-refractivity contribution in [3.63, 3.8) is 0 Å². The zero-order valence-electron chi connectivity index (χ0n) is 11.9. The summed E-state index contributed by atoms with van der Waals surface area (Å²) in [6, 6.07) is 8.24. The Bertz CT molecular complexity index is 575. The van der Waals surface area contributed by atoms with Crippen molar-refractivity contribution < 1.29 is 9.47 Å². The molecule has 1 aromatic heterocycles. The lowest BCUT2D eigenvalue weighted by Crippen LogP contribution is -2.06. The van der Waals surface area contributed by atoms with Crippen LogP contribution < -0.4 is 14.8 Å². The number of nitrogens with one attached hydrogen (secondary N) is 1. The second-order valence-electron chi connectivity index (χ2n) is 4.06. The standard InChI is InChI=1S/C14H18N4O2/c1-4-10-7-6-8-11(9-10)20-14-17-12(15-5-2)16-13(18-14)19-3/h6-9H,4-5H2,1-3H3,(H,15,16,17,18). The SMILES string of the molecule is CCNc1nc(OC)nc(Oc2cccc(CC)c2)n1. The Hall–Kier alpha value is -2.37. The van der Waals surface area contributed by atoms with Gasteiger partial charge in [0.25, 0.3) is 0 Å². The number of benzene rings is 1. The maximum Gasteiger partial charge on any atom is 0.330 e. The molecule has 0 aliphatic carbocycles. The highest BCUT2D eigenvalue weighted by atomic mass is 16.5. The molecule has 2 aromatic rings. The first-order valence-corrected chi connectivity index (χ1v) is 6.55. The van der Waals surface area contributed by atoms with Crippen LogP contribution >= 0.6 is 0 Å². The van der Waals surface area contributed by atoms with Gasteiger partial charge >= 0.3 is 12.0 Å². The molecular weight excluding hydrogens is 256 g/mol. The summed E-state index contributed by atoms with van der Waals surface area (Å²) in [7, 11) is 1.51. The monoisotopic (exact) mass is 274 g/mol. The van der Waals surface area contributed by atoms with E-state index in [4.69, 9.17) is 9.47 Å². The molecule has 20 heavy (non-hydrogen) atoms. The van der Waals surface area contributed by atoms with Gasteiger partial charge < -0.3 is 14.8 Å². The Morgan fingerprint density at radius 2 is 1.90 bits per heavy atom. The highest BCUT2D eigenvalue weighted by Gasteiger charge is 2.08. The summed E-state index contributed by atoms with van der Waals surface area (Å²) >= 11 is 0. The second-order valence-corrected chi connectivity index (χ2v) is 4.06. The molecule has 0 fully saturated rings. The van der Waals surface area contributed by atoms with E-state index < -0.39 is 0 Å². The third kappa shape index (κ3) is 3.57. The first-order chi connectivity index (χ1) is 9.75. The van der Waals surface area contributed by atoms with Crippen molar-refractivity contribution in [1.29, 1.82) is 0 Å². The number of rotatable bonds is 6. The number of ether oxygens (including phenoxy) is 2. The molecule has 0 aliphatic rings. The number of aryl methyl sites for hydroxylation is 1. The Kier molecular flexibility index (Phi) is 4.70. The summed E-state index contributed by atoms with van der Waals surface area (Å²) in [6.45, 7) is 4.76. The summed E-state index contributed by atoms with van der Waals surface area (Å²) < 4.78 is 10.7. The third-order valence-electron chi connectivity index (χ3n) is 2.63. The van der Waals surface area contributed by atoms with Crippen LogP contribution in [0.25, 0.3) is 0 Å². The van der Waals surface area contributed by atoms with Gasteiger partial charge in [0, 0.05) is 6.54 Å². The predicted molar refractivity (Wildman–Crippen MR) is 76.4 cm³/mol. The highest BCUT2D eigenvalue weighted by Crippen LogP contribution is 2.21. The average molecular weight is 274 g/mol. The summed E-state index contributed by atoms with van der Waals surface area (Å²) in [5.74, 6) is 1.13. The Labute approximate surface area is 118 Å². The fourth-order valence-corrected chi connectivity index (χ4v) is 1.65. The molecule has 0 radical (unpaired) electrons. The molecule has 0 atom stereocenters. The first-order valence-electron chi connectivity index (χ1n) is 6.55. The quantitative estimate of drug-likeness (QED) is 0.873. The molecule has 0 spiro atoms. The van der Waals surface area contributed by atoms with Crippen molar-refractivity contribution in [1.82, 2.24) is 15.0 Å². The third-order valence-corrected chi connectivity index (χ3v) is 2.63. The molecular formula is C14H18N4O2. The van der Waals surface area contributed by atoms with Gasteiger partial charge in [0.2, 0.25) is 5.95 Å². The van der Waals surface area contributed by atoms with Gasteiger partial charge in [0.05, 0.1) is 7.11 Å². The Balaban J connectivity index is 2.24. The number of methoxy groups -OCH3 is 1. The predicted octanol–water partition coefficient (Wildman–Crippen LogP) is 2.67. The Morgan fingerprint density at radius 1 is 1.10 bits per heavy atom. The van der Waals surface area contributed by atoms with Gasteiger partial charge in [-0.3, -0.25) is 0 Å². The van der Waals surface area contributed by atoms with E-state index in [0.717, 1.165) is 6.42 Å². The van der Waals surface area contributed by atoms with Gasteiger partial charge in [-0.2, -0.15) is 9.97 Å². The molecule has 6 nitrogen and oxygen atoms in total. The van der Waals surface area contributed by atoms with E-state index >= 15 is 0 Å². The molecule has 0 amide bonds. The van der Waals surface area contributed by atoms with E-state index in [1.807, 2.05) is 31.2 Å². The molecule has 6 heteroatoms. The second kappa shape index (κ2) is 6.70. The molecule has 1 aromatic carbocycles. The first kappa shape index (κ1) is 14.0. The molecule has 0 saturated carbocycles. The van der Waals surface area contributed by atoms with Crippen molar-refractivity contribution in [3.8, 4) is 17.8 Å². The molecule has 0 saturated heterocycles. The normalized spacial score (nSPS) is 10.2. The van der Waals surface area contributed by atoms with Crippen molar-refractivity contribution in [3.05, 3.63) is 29.8 Å². The van der Waals surface area contributed by atoms with Crippen LogP contribution in [-0.4, -0.2) is 28.6 Å². The van der Waals surface area contributed by atoms with Gasteiger partial charge in [-0.15, -0.1) is 4.98 Å². The van der Waals surface area contributed by atoms with Crippen LogP contribution in [-0.2, 0) is 6.42 Å². The fourth-order valence-electron chi connectivity index (χ4n) is 1.65. The van der Waals surface area contributed by atoms with Gasteiger partial charge in [-0.05, 0) is 31.0 Å². The molecule has 1 N–H and O–H groups in total. The van der Waals surface area contributed by atoms with E-state index in [2.05, 4.69) is 27.2 Å². The summed E-state index contributed by atoms with van der Waals surface area (Å²) in [5, 5.41) is 3.01. The zero-order chi connectivity index (χ0) is 14.4. The van der Waals surface area contributed by atoms with Crippen LogP contribution in [0.1, 0.15) is 19.4 Å². The van der Waals surface area contributed by atoms with Crippen LogP contribution in [0.2, 0.25) is 0 Å². The van der Waals surface area contributed by atoms with E-state index in [0.29, 0.717) is 18.2 Å². The minimum absolute atomic E-state index is 0.209. The van der Waals surface area contributed by atoms with Crippen LogP contribution in [0.3, 0.4) is 0 Å². The Morgan fingerprint density at radius 3 is 2.60 bits per heavy atom. The molecule has 0 aliphatic heterocycles. The largest absolute Gasteiger partial charge is 0.467 e.